The van der Waals surface area contributed by atoms with Gasteiger partial charge in [0.15, 0.2) is 0 Å². The molecule has 1 atom stereocenters. The van der Waals surface area contributed by atoms with Crippen LogP contribution in [0.5, 0.6) is 5.75 Å². The summed E-state index contributed by atoms with van der Waals surface area (Å²) in [5.74, 6) is -1.12. The fourth-order valence-electron chi connectivity index (χ4n) is 4.08. The van der Waals surface area contributed by atoms with Crippen LogP contribution in [0.1, 0.15) is 44.4 Å². The number of amides is 1. The molecule has 0 unspecified atom stereocenters. The van der Waals surface area contributed by atoms with E-state index in [1.54, 1.807) is 36.7 Å². The molecular formula is C25H30ClN3O4. The van der Waals surface area contributed by atoms with E-state index in [0.717, 1.165) is 19.6 Å². The fraction of sp³-hybridized carbons (Fsp3) is 0.400. The van der Waals surface area contributed by atoms with Gasteiger partial charge in [-0.25, -0.2) is 0 Å². The summed E-state index contributed by atoms with van der Waals surface area (Å²) in [6, 6.07) is 7.63. The number of likely N-dealkylation sites (tertiary alicyclic amines) is 1. The summed E-state index contributed by atoms with van der Waals surface area (Å²) in [6.45, 7) is 9.51. The minimum absolute atomic E-state index is 0.0380. The summed E-state index contributed by atoms with van der Waals surface area (Å²) in [7, 11) is 0. The predicted molar refractivity (Wildman–Crippen MR) is 128 cm³/mol. The summed E-state index contributed by atoms with van der Waals surface area (Å²) >= 11 is 6.30. The molecule has 1 aliphatic heterocycles. The molecule has 0 bridgehead atoms. The van der Waals surface area contributed by atoms with Crippen molar-refractivity contribution in [3.05, 3.63) is 64.4 Å². The van der Waals surface area contributed by atoms with Crippen molar-refractivity contribution < 1.29 is 19.4 Å². The van der Waals surface area contributed by atoms with Crippen LogP contribution in [0, 0.1) is 0 Å². The third kappa shape index (κ3) is 5.37. The molecule has 1 aromatic heterocycles. The zero-order valence-corrected chi connectivity index (χ0v) is 20.0. The monoisotopic (exact) mass is 471 g/mol. The quantitative estimate of drug-likeness (QED) is 0.316. The molecule has 3 rings (SSSR count). The number of aromatic nitrogens is 1. The number of benzene rings is 1. The first-order chi connectivity index (χ1) is 15.9. The lowest BCUT2D eigenvalue weighted by atomic mass is 9.96. The molecule has 0 aliphatic carbocycles. The summed E-state index contributed by atoms with van der Waals surface area (Å²) < 4.78 is 5.45. The van der Waals surface area contributed by atoms with E-state index in [1.165, 1.54) is 11.0 Å². The lowest BCUT2D eigenvalue weighted by Gasteiger charge is -2.26. The number of Topliss-reactive ketones (excluding diaryl/α,β-unsaturated/α-hetero) is 1. The van der Waals surface area contributed by atoms with Gasteiger partial charge in [-0.2, -0.15) is 0 Å². The Kier molecular flexibility index (Phi) is 8.47. The Morgan fingerprint density at radius 2 is 1.97 bits per heavy atom. The summed E-state index contributed by atoms with van der Waals surface area (Å²) in [4.78, 5) is 34.0. The summed E-state index contributed by atoms with van der Waals surface area (Å²) in [5.41, 5.74) is 1.05. The molecule has 1 aliphatic rings. The zero-order chi connectivity index (χ0) is 24.0. The van der Waals surface area contributed by atoms with Gasteiger partial charge in [-0.3, -0.25) is 14.6 Å². The number of carbonyl (C=O) groups excluding carboxylic acids is 2. The van der Waals surface area contributed by atoms with Crippen molar-refractivity contribution in [1.29, 1.82) is 0 Å². The van der Waals surface area contributed by atoms with E-state index in [1.807, 2.05) is 6.92 Å². The number of rotatable bonds is 10. The predicted octanol–water partition coefficient (Wildman–Crippen LogP) is 4.29. The first-order valence-corrected chi connectivity index (χ1v) is 11.6. The Hall–Kier alpha value is -2.90. The highest BCUT2D eigenvalue weighted by molar-refractivity contribution is 6.46. The van der Waals surface area contributed by atoms with Crippen LogP contribution in [0.4, 0.5) is 0 Å². The van der Waals surface area contributed by atoms with Crippen LogP contribution in [-0.4, -0.2) is 64.4 Å². The van der Waals surface area contributed by atoms with E-state index in [9.17, 15) is 14.7 Å². The highest BCUT2D eigenvalue weighted by Gasteiger charge is 2.45. The SMILES string of the molecule is CCOc1ccc(/C(O)=C2\C(=O)C(=O)N(CCCN(CC)CC)[C@@H]2c2cccnc2)cc1Cl. The number of ketones is 1. The van der Waals surface area contributed by atoms with Crippen LogP contribution < -0.4 is 4.74 Å². The van der Waals surface area contributed by atoms with Crippen LogP contribution in [0.2, 0.25) is 5.02 Å². The molecule has 0 radical (unpaired) electrons. The molecule has 8 heteroatoms. The Bertz CT molecular complexity index is 1020. The molecule has 0 saturated carbocycles. The lowest BCUT2D eigenvalue weighted by Crippen LogP contribution is -2.33. The van der Waals surface area contributed by atoms with Crippen molar-refractivity contribution in [3.8, 4) is 5.75 Å². The number of hydrogen-bond acceptors (Lipinski definition) is 6. The molecule has 1 amide bonds. The second-order valence-corrected chi connectivity index (χ2v) is 8.14. The Labute approximate surface area is 199 Å². The number of nitrogens with zero attached hydrogens (tertiary/aromatic N) is 3. The number of aliphatic hydroxyl groups excluding tert-OH is 1. The average Bonchev–Trinajstić information content (AvgIpc) is 3.08. The highest BCUT2D eigenvalue weighted by Crippen LogP contribution is 2.40. The minimum Gasteiger partial charge on any atom is -0.507 e. The van der Waals surface area contributed by atoms with Gasteiger partial charge in [0.25, 0.3) is 11.7 Å². The second-order valence-electron chi connectivity index (χ2n) is 7.74. The number of halogens is 1. The topological polar surface area (TPSA) is 83.0 Å². The van der Waals surface area contributed by atoms with Gasteiger partial charge in [-0.05, 0) is 62.8 Å². The number of aliphatic hydroxyl groups is 1. The number of pyridine rings is 1. The third-order valence-corrected chi connectivity index (χ3v) is 6.11. The average molecular weight is 472 g/mol. The minimum atomic E-state index is -0.722. The molecule has 0 spiro atoms. The van der Waals surface area contributed by atoms with Crippen molar-refractivity contribution in [2.45, 2.75) is 33.2 Å². The molecule has 1 aromatic carbocycles. The van der Waals surface area contributed by atoms with Gasteiger partial charge in [-0.15, -0.1) is 0 Å². The van der Waals surface area contributed by atoms with Crippen molar-refractivity contribution >= 4 is 29.1 Å². The first-order valence-electron chi connectivity index (χ1n) is 11.3. The van der Waals surface area contributed by atoms with Crippen molar-refractivity contribution in [2.75, 3.05) is 32.8 Å². The van der Waals surface area contributed by atoms with Gasteiger partial charge < -0.3 is 19.6 Å². The van der Waals surface area contributed by atoms with E-state index in [0.29, 0.717) is 41.5 Å². The van der Waals surface area contributed by atoms with Gasteiger partial charge in [0, 0.05) is 24.5 Å². The molecule has 33 heavy (non-hydrogen) atoms. The largest absolute Gasteiger partial charge is 0.507 e. The maximum absolute atomic E-state index is 13.1. The van der Waals surface area contributed by atoms with E-state index in [2.05, 4.69) is 23.7 Å². The maximum atomic E-state index is 13.1. The van der Waals surface area contributed by atoms with Gasteiger partial charge >= 0.3 is 0 Å². The summed E-state index contributed by atoms with van der Waals surface area (Å²) in [5, 5.41) is 11.5. The van der Waals surface area contributed by atoms with E-state index >= 15 is 0 Å². The van der Waals surface area contributed by atoms with Gasteiger partial charge in [-0.1, -0.05) is 31.5 Å². The van der Waals surface area contributed by atoms with Crippen LogP contribution in [0.3, 0.4) is 0 Å². The van der Waals surface area contributed by atoms with Crippen molar-refractivity contribution in [1.82, 2.24) is 14.8 Å². The smallest absolute Gasteiger partial charge is 0.295 e. The maximum Gasteiger partial charge on any atom is 0.295 e. The van der Waals surface area contributed by atoms with Gasteiger partial charge in [0.1, 0.15) is 11.5 Å². The molecule has 1 saturated heterocycles. The number of carbonyl (C=O) groups is 2. The standard InChI is InChI=1S/C25H30ClN3O4/c1-4-28(5-2)13-8-14-29-22(18-9-7-12-27-16-18)21(24(31)25(29)32)23(30)17-10-11-20(33-6-3)19(26)15-17/h7,9-12,15-16,22,30H,4-6,8,13-14H2,1-3H3/b23-21+/t22-/m1/s1. The lowest BCUT2D eigenvalue weighted by molar-refractivity contribution is -0.140. The third-order valence-electron chi connectivity index (χ3n) is 5.81. The molecule has 2 heterocycles. The summed E-state index contributed by atoms with van der Waals surface area (Å²) in [6.07, 6.45) is 3.95. The number of ether oxygens (including phenoxy) is 1. The van der Waals surface area contributed by atoms with Crippen molar-refractivity contribution in [2.24, 2.45) is 0 Å². The molecule has 1 N–H and O–H groups in total. The molecule has 176 valence electrons. The molecule has 7 nitrogen and oxygen atoms in total. The normalized spacial score (nSPS) is 17.7. The van der Waals surface area contributed by atoms with Gasteiger partial charge in [0.05, 0.1) is 23.2 Å². The molecule has 1 fully saturated rings. The fourth-order valence-corrected chi connectivity index (χ4v) is 4.31. The highest BCUT2D eigenvalue weighted by atomic mass is 35.5. The first kappa shape index (κ1) is 24.7. The van der Waals surface area contributed by atoms with Crippen LogP contribution >= 0.6 is 11.6 Å². The Morgan fingerprint density at radius 3 is 2.58 bits per heavy atom. The van der Waals surface area contributed by atoms with Crippen LogP contribution in [0.15, 0.2) is 48.3 Å². The van der Waals surface area contributed by atoms with E-state index < -0.39 is 17.7 Å². The molecule has 2 aromatic rings. The second kappa shape index (κ2) is 11.3. The van der Waals surface area contributed by atoms with Gasteiger partial charge in [0.2, 0.25) is 0 Å². The van der Waals surface area contributed by atoms with E-state index in [4.69, 9.17) is 16.3 Å². The molecular weight excluding hydrogens is 442 g/mol. The number of hydrogen-bond donors (Lipinski definition) is 1. The van der Waals surface area contributed by atoms with Crippen LogP contribution in [0.25, 0.3) is 5.76 Å². The van der Waals surface area contributed by atoms with E-state index in [-0.39, 0.29) is 11.3 Å². The van der Waals surface area contributed by atoms with Crippen LogP contribution in [-0.2, 0) is 9.59 Å². The Morgan fingerprint density at radius 1 is 1.21 bits per heavy atom. The Balaban J connectivity index is 2.01. The van der Waals surface area contributed by atoms with Crippen molar-refractivity contribution in [3.63, 3.8) is 0 Å². The zero-order valence-electron chi connectivity index (χ0n) is 19.3.